The molecule has 0 radical (unpaired) electrons. The maximum Gasteiger partial charge on any atom is 0.174 e. The fraction of sp³-hybridized carbons (Fsp3) is 0.0714. The van der Waals surface area contributed by atoms with E-state index in [1.54, 1.807) is 0 Å². The number of nitrogen functional groups attached to an aromatic ring is 1. The standard InChI is InChI=1S/C14H12N2O/c1-9-5-6-13-12(7-9)14(17-16-13)10-3-2-4-11(15)8-10/h2-8H,15H2,1H3. The fourth-order valence-corrected chi connectivity index (χ4v) is 1.94. The van der Waals surface area contributed by atoms with Crippen LogP contribution in [-0.4, -0.2) is 5.16 Å². The molecule has 3 heteroatoms. The van der Waals surface area contributed by atoms with E-state index in [9.17, 15) is 0 Å². The third-order valence-corrected chi connectivity index (χ3v) is 2.78. The maximum absolute atomic E-state index is 5.78. The van der Waals surface area contributed by atoms with Crippen LogP contribution in [0.5, 0.6) is 0 Å². The molecule has 0 aliphatic carbocycles. The van der Waals surface area contributed by atoms with Gasteiger partial charge in [0.2, 0.25) is 0 Å². The highest BCUT2D eigenvalue weighted by Gasteiger charge is 2.10. The second kappa shape index (κ2) is 3.63. The van der Waals surface area contributed by atoms with Crippen LogP contribution in [0.25, 0.3) is 22.2 Å². The van der Waals surface area contributed by atoms with E-state index < -0.39 is 0 Å². The Morgan fingerprint density at radius 3 is 2.82 bits per heavy atom. The van der Waals surface area contributed by atoms with Gasteiger partial charge in [0.1, 0.15) is 5.52 Å². The lowest BCUT2D eigenvalue weighted by atomic mass is 10.1. The molecule has 3 nitrogen and oxygen atoms in total. The second-order valence-corrected chi connectivity index (χ2v) is 4.16. The second-order valence-electron chi connectivity index (χ2n) is 4.16. The van der Waals surface area contributed by atoms with Crippen LogP contribution in [0.3, 0.4) is 0 Å². The molecule has 17 heavy (non-hydrogen) atoms. The SMILES string of the molecule is Cc1ccc2noc(-c3cccc(N)c3)c2c1. The fourth-order valence-electron chi connectivity index (χ4n) is 1.94. The van der Waals surface area contributed by atoms with Crippen molar-refractivity contribution in [3.05, 3.63) is 48.0 Å². The quantitative estimate of drug-likeness (QED) is 0.644. The predicted octanol–water partition coefficient (Wildman–Crippen LogP) is 3.39. The molecule has 0 atom stereocenters. The van der Waals surface area contributed by atoms with E-state index in [0.29, 0.717) is 0 Å². The number of aryl methyl sites for hydroxylation is 1. The molecule has 3 aromatic rings. The van der Waals surface area contributed by atoms with E-state index in [0.717, 1.165) is 27.9 Å². The van der Waals surface area contributed by atoms with E-state index in [2.05, 4.69) is 18.1 Å². The Morgan fingerprint density at radius 2 is 2.00 bits per heavy atom. The van der Waals surface area contributed by atoms with Crippen LogP contribution in [-0.2, 0) is 0 Å². The van der Waals surface area contributed by atoms with E-state index in [1.165, 1.54) is 5.56 Å². The van der Waals surface area contributed by atoms with Gasteiger partial charge in [-0.25, -0.2) is 0 Å². The summed E-state index contributed by atoms with van der Waals surface area (Å²) in [6.45, 7) is 2.05. The van der Waals surface area contributed by atoms with Gasteiger partial charge >= 0.3 is 0 Å². The molecular formula is C14H12N2O. The Hall–Kier alpha value is -2.29. The van der Waals surface area contributed by atoms with Gasteiger partial charge in [-0.3, -0.25) is 0 Å². The third-order valence-electron chi connectivity index (χ3n) is 2.78. The molecule has 2 N–H and O–H groups in total. The molecule has 1 aromatic heterocycles. The molecule has 0 amide bonds. The Bertz CT molecular complexity index is 686. The summed E-state index contributed by atoms with van der Waals surface area (Å²) in [4.78, 5) is 0. The monoisotopic (exact) mass is 224 g/mol. The van der Waals surface area contributed by atoms with Crippen LogP contribution in [0.15, 0.2) is 47.0 Å². The van der Waals surface area contributed by atoms with Gasteiger partial charge in [0, 0.05) is 16.6 Å². The van der Waals surface area contributed by atoms with Crippen molar-refractivity contribution in [3.8, 4) is 11.3 Å². The molecule has 0 aliphatic rings. The topological polar surface area (TPSA) is 52.0 Å². The zero-order chi connectivity index (χ0) is 11.8. The van der Waals surface area contributed by atoms with Crippen LogP contribution in [0.2, 0.25) is 0 Å². The van der Waals surface area contributed by atoms with E-state index in [-0.39, 0.29) is 0 Å². The number of rotatable bonds is 1. The van der Waals surface area contributed by atoms with Gasteiger partial charge in [0.15, 0.2) is 5.76 Å². The van der Waals surface area contributed by atoms with Crippen LogP contribution >= 0.6 is 0 Å². The Kier molecular flexibility index (Phi) is 2.11. The highest BCUT2D eigenvalue weighted by molar-refractivity contribution is 5.92. The summed E-state index contributed by atoms with van der Waals surface area (Å²) < 4.78 is 5.41. The number of fused-ring (bicyclic) bond motifs is 1. The lowest BCUT2D eigenvalue weighted by Crippen LogP contribution is -1.84. The minimum absolute atomic E-state index is 0.722. The number of nitrogens with two attached hydrogens (primary N) is 1. The molecule has 2 aromatic carbocycles. The van der Waals surface area contributed by atoms with Gasteiger partial charge in [-0.1, -0.05) is 28.9 Å². The minimum Gasteiger partial charge on any atom is -0.399 e. The van der Waals surface area contributed by atoms with Crippen molar-refractivity contribution in [1.29, 1.82) is 0 Å². The largest absolute Gasteiger partial charge is 0.399 e. The van der Waals surface area contributed by atoms with Crippen molar-refractivity contribution in [2.45, 2.75) is 6.92 Å². The number of anilines is 1. The smallest absolute Gasteiger partial charge is 0.174 e. The van der Waals surface area contributed by atoms with Crippen molar-refractivity contribution >= 4 is 16.6 Å². The Morgan fingerprint density at radius 1 is 1.12 bits per heavy atom. The van der Waals surface area contributed by atoms with Gasteiger partial charge in [0.05, 0.1) is 0 Å². The average Bonchev–Trinajstić information content (AvgIpc) is 2.71. The highest BCUT2D eigenvalue weighted by atomic mass is 16.5. The summed E-state index contributed by atoms with van der Waals surface area (Å²) in [5, 5.41) is 5.07. The molecule has 0 saturated carbocycles. The van der Waals surface area contributed by atoms with Gasteiger partial charge < -0.3 is 10.3 Å². The van der Waals surface area contributed by atoms with Gasteiger partial charge in [-0.2, -0.15) is 0 Å². The first-order chi connectivity index (χ1) is 8.24. The Balaban J connectivity index is 2.27. The maximum atomic E-state index is 5.78. The predicted molar refractivity (Wildman–Crippen MR) is 68.6 cm³/mol. The third kappa shape index (κ3) is 1.65. The van der Waals surface area contributed by atoms with E-state index >= 15 is 0 Å². The van der Waals surface area contributed by atoms with Crippen LogP contribution in [0.4, 0.5) is 5.69 Å². The van der Waals surface area contributed by atoms with E-state index in [4.69, 9.17) is 10.3 Å². The number of aromatic nitrogens is 1. The molecule has 0 saturated heterocycles. The minimum atomic E-state index is 0.722. The van der Waals surface area contributed by atoms with Gasteiger partial charge in [0.25, 0.3) is 0 Å². The number of hydrogen-bond donors (Lipinski definition) is 1. The van der Waals surface area contributed by atoms with Crippen molar-refractivity contribution < 1.29 is 4.52 Å². The molecule has 0 spiro atoms. The summed E-state index contributed by atoms with van der Waals surface area (Å²) in [6.07, 6.45) is 0. The van der Waals surface area contributed by atoms with Gasteiger partial charge in [-0.15, -0.1) is 0 Å². The van der Waals surface area contributed by atoms with Crippen LogP contribution in [0, 0.1) is 6.92 Å². The molecule has 0 aliphatic heterocycles. The normalized spacial score (nSPS) is 10.9. The molecule has 0 unspecified atom stereocenters. The highest BCUT2D eigenvalue weighted by Crippen LogP contribution is 2.30. The first-order valence-electron chi connectivity index (χ1n) is 5.46. The van der Waals surface area contributed by atoms with Crippen molar-refractivity contribution in [2.75, 3.05) is 5.73 Å². The lowest BCUT2D eigenvalue weighted by Gasteiger charge is -1.98. The molecule has 0 fully saturated rings. The number of nitrogens with zero attached hydrogens (tertiary/aromatic N) is 1. The number of hydrogen-bond acceptors (Lipinski definition) is 3. The zero-order valence-electron chi connectivity index (χ0n) is 9.47. The molecule has 1 heterocycles. The summed E-state index contributed by atoms with van der Waals surface area (Å²) in [5.41, 5.74) is 9.51. The van der Waals surface area contributed by atoms with Crippen molar-refractivity contribution in [3.63, 3.8) is 0 Å². The van der Waals surface area contributed by atoms with Crippen LogP contribution < -0.4 is 5.73 Å². The first kappa shape index (κ1) is 9.90. The van der Waals surface area contributed by atoms with Crippen LogP contribution in [0.1, 0.15) is 5.56 Å². The lowest BCUT2D eigenvalue weighted by molar-refractivity contribution is 0.441. The number of benzene rings is 2. The molecule has 84 valence electrons. The summed E-state index contributed by atoms with van der Waals surface area (Å²) in [6, 6.07) is 13.7. The van der Waals surface area contributed by atoms with Gasteiger partial charge in [-0.05, 0) is 31.2 Å². The summed E-state index contributed by atoms with van der Waals surface area (Å²) >= 11 is 0. The van der Waals surface area contributed by atoms with Crippen molar-refractivity contribution in [2.24, 2.45) is 0 Å². The van der Waals surface area contributed by atoms with E-state index in [1.807, 2.05) is 36.4 Å². The molecule has 0 bridgehead atoms. The summed E-state index contributed by atoms with van der Waals surface area (Å²) in [5.74, 6) is 0.774. The Labute approximate surface area is 98.8 Å². The first-order valence-corrected chi connectivity index (χ1v) is 5.46. The molecule has 3 rings (SSSR count). The summed E-state index contributed by atoms with van der Waals surface area (Å²) in [7, 11) is 0. The molecular weight excluding hydrogens is 212 g/mol. The average molecular weight is 224 g/mol. The van der Waals surface area contributed by atoms with Crippen molar-refractivity contribution in [1.82, 2.24) is 5.16 Å². The zero-order valence-corrected chi connectivity index (χ0v) is 9.47.